The Balaban J connectivity index is 1.97. The van der Waals surface area contributed by atoms with Crippen molar-refractivity contribution < 1.29 is 24.3 Å². The second kappa shape index (κ2) is 9.55. The molecule has 0 aliphatic carbocycles. The molecule has 0 aliphatic heterocycles. The van der Waals surface area contributed by atoms with E-state index >= 15 is 0 Å². The Hall–Kier alpha value is -3.35. The van der Waals surface area contributed by atoms with Crippen molar-refractivity contribution in [3.63, 3.8) is 0 Å². The number of carbonyl (C=O) groups is 2. The van der Waals surface area contributed by atoms with Gasteiger partial charge in [0.1, 0.15) is 12.2 Å². The number of nitrogens with zero attached hydrogens (tertiary/aromatic N) is 1. The average Bonchev–Trinajstić information content (AvgIpc) is 2.63. The van der Waals surface area contributed by atoms with Gasteiger partial charge in [-0.1, -0.05) is 59.8 Å². The molecule has 0 spiro atoms. The van der Waals surface area contributed by atoms with Crippen molar-refractivity contribution in [2.45, 2.75) is 39.5 Å². The number of carboxylic acid groups (broad SMARTS) is 1. The van der Waals surface area contributed by atoms with Gasteiger partial charge in [0.2, 0.25) is 0 Å². The van der Waals surface area contributed by atoms with Gasteiger partial charge in [0.05, 0.1) is 0 Å². The quantitative estimate of drug-likeness (QED) is 0.560. The number of ether oxygens (including phenoxy) is 1. The molecule has 2 aromatic rings. The largest absolute Gasteiger partial charge is 0.476 e. The zero-order valence-electron chi connectivity index (χ0n) is 16.1. The maximum absolute atomic E-state index is 11.7. The normalized spacial score (nSPS) is 11.6. The fraction of sp³-hybridized carbons (Fsp3) is 0.286. The molecule has 148 valence electrons. The van der Waals surface area contributed by atoms with Crippen LogP contribution in [0.15, 0.2) is 59.8 Å². The van der Waals surface area contributed by atoms with Gasteiger partial charge in [-0.2, -0.15) is 0 Å². The van der Waals surface area contributed by atoms with Crippen LogP contribution >= 0.6 is 0 Å². The van der Waals surface area contributed by atoms with E-state index in [9.17, 15) is 14.7 Å². The van der Waals surface area contributed by atoms with E-state index in [1.54, 1.807) is 45.0 Å². The molecule has 2 aromatic carbocycles. The van der Waals surface area contributed by atoms with E-state index in [-0.39, 0.29) is 18.9 Å². The summed E-state index contributed by atoms with van der Waals surface area (Å²) in [6.07, 6.45) is -0.515. The van der Waals surface area contributed by atoms with Gasteiger partial charge in [0.15, 0.2) is 5.71 Å². The van der Waals surface area contributed by atoms with Gasteiger partial charge in [-0.15, -0.1) is 0 Å². The molecule has 0 aromatic heterocycles. The van der Waals surface area contributed by atoms with Crippen LogP contribution in [-0.4, -0.2) is 28.5 Å². The molecule has 0 aliphatic rings. The minimum atomic E-state index is -1.19. The lowest BCUT2D eigenvalue weighted by atomic mass is 10.1. The van der Waals surface area contributed by atoms with Crippen molar-refractivity contribution in [1.29, 1.82) is 0 Å². The third-order valence-electron chi connectivity index (χ3n) is 3.50. The first-order valence-corrected chi connectivity index (χ1v) is 8.78. The Bertz CT molecular complexity index is 824. The van der Waals surface area contributed by atoms with E-state index < -0.39 is 17.7 Å². The molecule has 0 bridgehead atoms. The average molecular weight is 384 g/mol. The SMILES string of the molecule is CC(C)(C)OC(=O)NCc1ccc(/C(=N\OCc2ccccc2)C(=O)O)cc1. The summed E-state index contributed by atoms with van der Waals surface area (Å²) in [6.45, 7) is 5.80. The highest BCUT2D eigenvalue weighted by Crippen LogP contribution is 2.10. The summed E-state index contributed by atoms with van der Waals surface area (Å²) in [5, 5.41) is 15.8. The summed E-state index contributed by atoms with van der Waals surface area (Å²) < 4.78 is 5.17. The molecular weight excluding hydrogens is 360 g/mol. The van der Waals surface area contributed by atoms with Crippen molar-refractivity contribution in [3.8, 4) is 0 Å². The first-order chi connectivity index (χ1) is 13.2. The number of aliphatic carboxylic acids is 1. The smallest absolute Gasteiger partial charge is 0.407 e. The Labute approximate surface area is 164 Å². The van der Waals surface area contributed by atoms with Crippen molar-refractivity contribution in [3.05, 3.63) is 71.3 Å². The van der Waals surface area contributed by atoms with Crippen LogP contribution in [0.2, 0.25) is 0 Å². The summed E-state index contributed by atoms with van der Waals surface area (Å²) in [7, 11) is 0. The van der Waals surface area contributed by atoms with Gasteiger partial charge in [-0.05, 0) is 31.9 Å². The molecule has 0 fully saturated rings. The van der Waals surface area contributed by atoms with Gasteiger partial charge in [0, 0.05) is 12.1 Å². The van der Waals surface area contributed by atoms with Crippen LogP contribution in [0, 0.1) is 0 Å². The number of rotatable bonds is 7. The van der Waals surface area contributed by atoms with Gasteiger partial charge in [-0.25, -0.2) is 9.59 Å². The number of amides is 1. The molecule has 0 heterocycles. The molecule has 7 nitrogen and oxygen atoms in total. The van der Waals surface area contributed by atoms with E-state index in [0.717, 1.165) is 11.1 Å². The van der Waals surface area contributed by atoms with Crippen molar-refractivity contribution in [2.75, 3.05) is 0 Å². The van der Waals surface area contributed by atoms with Crippen LogP contribution in [0.25, 0.3) is 0 Å². The predicted molar refractivity (Wildman–Crippen MR) is 105 cm³/mol. The Morgan fingerprint density at radius 1 is 1.00 bits per heavy atom. The Kier molecular flexibility index (Phi) is 7.14. The second-order valence-electron chi connectivity index (χ2n) is 7.06. The Morgan fingerprint density at radius 2 is 1.64 bits per heavy atom. The van der Waals surface area contributed by atoms with E-state index in [1.165, 1.54) is 0 Å². The van der Waals surface area contributed by atoms with Crippen LogP contribution in [0.1, 0.15) is 37.5 Å². The molecule has 1 amide bonds. The topological polar surface area (TPSA) is 97.2 Å². The molecule has 2 N–H and O–H groups in total. The third-order valence-corrected chi connectivity index (χ3v) is 3.50. The number of benzene rings is 2. The maximum Gasteiger partial charge on any atom is 0.407 e. The van der Waals surface area contributed by atoms with E-state index in [2.05, 4.69) is 10.5 Å². The van der Waals surface area contributed by atoms with E-state index in [0.29, 0.717) is 5.56 Å². The van der Waals surface area contributed by atoms with Gasteiger partial charge < -0.3 is 20.0 Å². The monoisotopic (exact) mass is 384 g/mol. The highest BCUT2D eigenvalue weighted by molar-refractivity contribution is 6.42. The molecule has 0 radical (unpaired) electrons. The first-order valence-electron chi connectivity index (χ1n) is 8.78. The fourth-order valence-corrected chi connectivity index (χ4v) is 2.23. The Morgan fingerprint density at radius 3 is 2.21 bits per heavy atom. The zero-order valence-corrected chi connectivity index (χ0v) is 16.1. The van der Waals surface area contributed by atoms with Crippen LogP contribution in [0.4, 0.5) is 4.79 Å². The molecule has 0 saturated heterocycles. The lowest BCUT2D eigenvalue weighted by molar-refractivity contribution is -0.129. The number of oxime groups is 1. The molecule has 0 atom stereocenters. The van der Waals surface area contributed by atoms with Crippen LogP contribution in [-0.2, 0) is 27.5 Å². The number of carboxylic acids is 1. The summed E-state index contributed by atoms with van der Waals surface area (Å²) in [4.78, 5) is 28.4. The van der Waals surface area contributed by atoms with Crippen LogP contribution in [0.3, 0.4) is 0 Å². The molecule has 0 unspecified atom stereocenters. The molecule has 0 saturated carbocycles. The van der Waals surface area contributed by atoms with Gasteiger partial charge in [-0.3, -0.25) is 0 Å². The van der Waals surface area contributed by atoms with Crippen LogP contribution < -0.4 is 5.32 Å². The highest BCUT2D eigenvalue weighted by atomic mass is 16.6. The lowest BCUT2D eigenvalue weighted by Gasteiger charge is -2.19. The van der Waals surface area contributed by atoms with E-state index in [1.807, 2.05) is 30.3 Å². The number of alkyl carbamates (subject to hydrolysis) is 1. The van der Waals surface area contributed by atoms with Gasteiger partial charge in [0.25, 0.3) is 0 Å². The van der Waals surface area contributed by atoms with Gasteiger partial charge >= 0.3 is 12.1 Å². The number of hydrogen-bond donors (Lipinski definition) is 2. The molecule has 2 rings (SSSR count). The molecular formula is C21H24N2O5. The summed E-state index contributed by atoms with van der Waals surface area (Å²) >= 11 is 0. The van der Waals surface area contributed by atoms with Crippen molar-refractivity contribution in [2.24, 2.45) is 5.16 Å². The number of hydrogen-bond acceptors (Lipinski definition) is 5. The molecule has 7 heteroatoms. The summed E-state index contributed by atoms with van der Waals surface area (Å²) in [5.41, 5.74) is 1.33. The number of carbonyl (C=O) groups excluding carboxylic acids is 1. The molecule has 28 heavy (non-hydrogen) atoms. The third kappa shape index (κ3) is 7.11. The first kappa shape index (κ1) is 21.0. The predicted octanol–water partition coefficient (Wildman–Crippen LogP) is 3.72. The minimum Gasteiger partial charge on any atom is -0.476 e. The maximum atomic E-state index is 11.7. The van der Waals surface area contributed by atoms with E-state index in [4.69, 9.17) is 9.57 Å². The highest BCUT2D eigenvalue weighted by Gasteiger charge is 2.16. The second-order valence-corrected chi connectivity index (χ2v) is 7.06. The summed E-state index contributed by atoms with van der Waals surface area (Å²) in [6, 6.07) is 16.0. The lowest BCUT2D eigenvalue weighted by Crippen LogP contribution is -2.32. The van der Waals surface area contributed by atoms with Crippen LogP contribution in [0.5, 0.6) is 0 Å². The fourth-order valence-electron chi connectivity index (χ4n) is 2.23. The zero-order chi connectivity index (χ0) is 20.6. The standard InChI is InChI=1S/C21H24N2O5/c1-21(2,3)28-20(26)22-13-15-9-11-17(12-10-15)18(19(24)25)23-27-14-16-7-5-4-6-8-16/h4-12H,13-14H2,1-3H3,(H,22,26)(H,24,25)/b23-18+. The van der Waals surface area contributed by atoms with Crippen molar-refractivity contribution >= 4 is 17.8 Å². The minimum absolute atomic E-state index is 0.176. The van der Waals surface area contributed by atoms with Crippen molar-refractivity contribution in [1.82, 2.24) is 5.32 Å². The summed E-state index contributed by atoms with van der Waals surface area (Å²) in [5.74, 6) is -1.19. The number of nitrogens with one attached hydrogen (secondary N) is 1.